The third-order valence-corrected chi connectivity index (χ3v) is 5.29. The van der Waals surface area contributed by atoms with Gasteiger partial charge >= 0.3 is 12.1 Å². The highest BCUT2D eigenvalue weighted by molar-refractivity contribution is 6.08. The maximum Gasteiger partial charge on any atom is 0.344 e. The second-order valence-corrected chi connectivity index (χ2v) is 7.25. The molecule has 1 fully saturated rings. The van der Waals surface area contributed by atoms with Crippen LogP contribution >= 0.6 is 0 Å². The van der Waals surface area contributed by atoms with Crippen molar-refractivity contribution < 1.29 is 19.2 Å². The molecule has 8 heteroatoms. The molecule has 2 aromatic carbocycles. The number of hydrogen-bond donors (Lipinski definition) is 3. The van der Waals surface area contributed by atoms with Crippen molar-refractivity contribution in [3.05, 3.63) is 65.2 Å². The van der Waals surface area contributed by atoms with E-state index in [-0.39, 0.29) is 0 Å². The van der Waals surface area contributed by atoms with Gasteiger partial charge in [-0.05, 0) is 43.9 Å². The maximum absolute atomic E-state index is 13.0. The van der Waals surface area contributed by atoms with Crippen molar-refractivity contribution in [1.82, 2.24) is 15.8 Å². The first-order valence-electron chi connectivity index (χ1n) is 9.72. The summed E-state index contributed by atoms with van der Waals surface area (Å²) in [5.74, 6) is -0.530. The van der Waals surface area contributed by atoms with Crippen LogP contribution in [0.2, 0.25) is 0 Å². The standard InChI is InChI=1S/C22H24N4O4/c1-3-22(13-12-16-6-4-5-7-17(16)14-27)19(28)26(21(30)24-22)25-20(29)23-18-10-8-15(2)9-11-18/h4-11,14H,3,12-13H2,1-2H3,(H,24,30)(H2,23,25,29). The molecule has 0 spiro atoms. The minimum Gasteiger partial charge on any atom is -0.322 e. The van der Waals surface area contributed by atoms with Gasteiger partial charge in [0.2, 0.25) is 0 Å². The lowest BCUT2D eigenvalue weighted by atomic mass is 9.88. The number of anilines is 1. The van der Waals surface area contributed by atoms with E-state index in [2.05, 4.69) is 16.1 Å². The summed E-state index contributed by atoms with van der Waals surface area (Å²) in [5, 5.41) is 6.01. The van der Waals surface area contributed by atoms with Crippen LogP contribution in [0.5, 0.6) is 0 Å². The molecule has 1 saturated heterocycles. The number of urea groups is 2. The van der Waals surface area contributed by atoms with E-state index in [1.165, 1.54) is 0 Å². The molecule has 5 amide bonds. The number of nitrogens with one attached hydrogen (secondary N) is 3. The Morgan fingerprint density at radius 3 is 2.50 bits per heavy atom. The van der Waals surface area contributed by atoms with Gasteiger partial charge in [-0.1, -0.05) is 48.9 Å². The molecule has 1 aliphatic heterocycles. The predicted octanol–water partition coefficient (Wildman–Crippen LogP) is 3.18. The average Bonchev–Trinajstić information content (AvgIpc) is 2.98. The van der Waals surface area contributed by atoms with Gasteiger partial charge < -0.3 is 10.6 Å². The zero-order chi connectivity index (χ0) is 21.7. The number of nitrogens with zero attached hydrogens (tertiary/aromatic N) is 1. The molecule has 30 heavy (non-hydrogen) atoms. The highest BCUT2D eigenvalue weighted by atomic mass is 16.2. The highest BCUT2D eigenvalue weighted by Gasteiger charge is 2.50. The molecule has 156 valence electrons. The summed E-state index contributed by atoms with van der Waals surface area (Å²) >= 11 is 0. The Hall–Kier alpha value is -3.68. The zero-order valence-electron chi connectivity index (χ0n) is 16.9. The summed E-state index contributed by atoms with van der Waals surface area (Å²) in [6.45, 7) is 3.72. The van der Waals surface area contributed by atoms with Crippen LogP contribution in [0.3, 0.4) is 0 Å². The summed E-state index contributed by atoms with van der Waals surface area (Å²) < 4.78 is 0. The fraction of sp³-hybridized carbons (Fsp3) is 0.273. The molecule has 0 radical (unpaired) electrons. The molecule has 0 aromatic heterocycles. The van der Waals surface area contributed by atoms with Gasteiger partial charge in [-0.3, -0.25) is 9.59 Å². The van der Waals surface area contributed by atoms with Crippen molar-refractivity contribution >= 4 is 29.9 Å². The van der Waals surface area contributed by atoms with E-state index in [0.717, 1.165) is 17.4 Å². The van der Waals surface area contributed by atoms with Gasteiger partial charge in [0, 0.05) is 11.3 Å². The average molecular weight is 408 g/mol. The first kappa shape index (κ1) is 21.0. The van der Waals surface area contributed by atoms with Gasteiger partial charge in [0.15, 0.2) is 0 Å². The number of carbonyl (C=O) groups is 4. The second kappa shape index (κ2) is 8.77. The normalized spacial score (nSPS) is 18.1. The number of rotatable bonds is 7. The Bertz CT molecular complexity index is 973. The Labute approximate surface area is 174 Å². The molecule has 0 saturated carbocycles. The van der Waals surface area contributed by atoms with Crippen molar-refractivity contribution in [1.29, 1.82) is 0 Å². The topological polar surface area (TPSA) is 108 Å². The molecule has 3 N–H and O–H groups in total. The first-order valence-corrected chi connectivity index (χ1v) is 9.72. The maximum atomic E-state index is 13.0. The van der Waals surface area contributed by atoms with E-state index in [0.29, 0.717) is 35.5 Å². The lowest BCUT2D eigenvalue weighted by Crippen LogP contribution is -2.51. The summed E-state index contributed by atoms with van der Waals surface area (Å²) in [5.41, 5.74) is 4.09. The van der Waals surface area contributed by atoms with Gasteiger partial charge in [-0.25, -0.2) is 15.0 Å². The van der Waals surface area contributed by atoms with Crippen LogP contribution in [0.25, 0.3) is 0 Å². The fourth-order valence-electron chi connectivity index (χ4n) is 3.43. The molecule has 0 bridgehead atoms. The van der Waals surface area contributed by atoms with Gasteiger partial charge in [0.1, 0.15) is 11.8 Å². The fourth-order valence-corrected chi connectivity index (χ4v) is 3.43. The minimum atomic E-state index is -1.15. The van der Waals surface area contributed by atoms with Crippen molar-refractivity contribution in [3.8, 4) is 0 Å². The van der Waals surface area contributed by atoms with Crippen molar-refractivity contribution in [3.63, 3.8) is 0 Å². The molecule has 1 heterocycles. The smallest absolute Gasteiger partial charge is 0.322 e. The molecule has 0 aliphatic carbocycles. The van der Waals surface area contributed by atoms with Crippen LogP contribution in [-0.2, 0) is 11.2 Å². The summed E-state index contributed by atoms with van der Waals surface area (Å²) in [6, 6.07) is 12.8. The Kier molecular flexibility index (Phi) is 6.15. The van der Waals surface area contributed by atoms with Crippen LogP contribution in [0.15, 0.2) is 48.5 Å². The number of hydrazine groups is 1. The van der Waals surface area contributed by atoms with Crippen LogP contribution < -0.4 is 16.1 Å². The number of carbonyl (C=O) groups excluding carboxylic acids is 4. The van der Waals surface area contributed by atoms with Crippen molar-refractivity contribution in [2.24, 2.45) is 0 Å². The molecule has 1 atom stereocenters. The van der Waals surface area contributed by atoms with Crippen LogP contribution in [-0.4, -0.2) is 34.8 Å². The predicted molar refractivity (Wildman–Crippen MR) is 112 cm³/mol. The Morgan fingerprint density at radius 2 is 1.83 bits per heavy atom. The lowest BCUT2D eigenvalue weighted by molar-refractivity contribution is -0.133. The van der Waals surface area contributed by atoms with Crippen molar-refractivity contribution in [2.75, 3.05) is 5.32 Å². The molecule has 8 nitrogen and oxygen atoms in total. The van der Waals surface area contributed by atoms with E-state index in [1.54, 1.807) is 31.2 Å². The summed E-state index contributed by atoms with van der Waals surface area (Å²) in [6.07, 6.45) is 1.85. The molecule has 1 unspecified atom stereocenters. The number of aryl methyl sites for hydroxylation is 2. The molecule has 1 aliphatic rings. The SMILES string of the molecule is CCC1(CCc2ccccc2C=O)NC(=O)N(NC(=O)Nc2ccc(C)cc2)C1=O. The van der Waals surface area contributed by atoms with E-state index in [4.69, 9.17) is 0 Å². The number of hydrogen-bond acceptors (Lipinski definition) is 4. The molecule has 3 rings (SSSR count). The lowest BCUT2D eigenvalue weighted by Gasteiger charge is -2.25. The number of aldehydes is 1. The number of amides is 5. The first-order chi connectivity index (χ1) is 14.4. The third-order valence-electron chi connectivity index (χ3n) is 5.29. The minimum absolute atomic E-state index is 0.302. The monoisotopic (exact) mass is 408 g/mol. The second-order valence-electron chi connectivity index (χ2n) is 7.25. The Morgan fingerprint density at radius 1 is 1.13 bits per heavy atom. The van der Waals surface area contributed by atoms with Crippen LogP contribution in [0, 0.1) is 6.92 Å². The number of benzene rings is 2. The van der Waals surface area contributed by atoms with Crippen LogP contribution in [0.1, 0.15) is 41.3 Å². The van der Waals surface area contributed by atoms with Gasteiger partial charge in [-0.15, -0.1) is 0 Å². The number of imide groups is 1. The van der Waals surface area contributed by atoms with Crippen LogP contribution in [0.4, 0.5) is 15.3 Å². The van der Waals surface area contributed by atoms with E-state index in [9.17, 15) is 19.2 Å². The Balaban J connectivity index is 1.68. The van der Waals surface area contributed by atoms with E-state index >= 15 is 0 Å². The van der Waals surface area contributed by atoms with E-state index in [1.807, 2.05) is 31.2 Å². The van der Waals surface area contributed by atoms with Gasteiger partial charge in [-0.2, -0.15) is 5.01 Å². The van der Waals surface area contributed by atoms with E-state index < -0.39 is 23.5 Å². The molecular weight excluding hydrogens is 384 g/mol. The van der Waals surface area contributed by atoms with Gasteiger partial charge in [0.25, 0.3) is 5.91 Å². The molecule has 2 aromatic rings. The molecular formula is C22H24N4O4. The largest absolute Gasteiger partial charge is 0.344 e. The third kappa shape index (κ3) is 4.32. The van der Waals surface area contributed by atoms with Gasteiger partial charge in [0.05, 0.1) is 0 Å². The summed E-state index contributed by atoms with van der Waals surface area (Å²) in [7, 11) is 0. The summed E-state index contributed by atoms with van der Waals surface area (Å²) in [4.78, 5) is 48.9. The quantitative estimate of drug-likeness (QED) is 0.483. The van der Waals surface area contributed by atoms with Crippen molar-refractivity contribution in [2.45, 2.75) is 38.6 Å². The highest BCUT2D eigenvalue weighted by Crippen LogP contribution is 2.26. The zero-order valence-corrected chi connectivity index (χ0v) is 16.9.